The SMILES string of the molecule is CCC(=O)N1[C@@H](c2ccc3c(c2)OCO3)c2[nH]c3ccccc3c2C[C@H]1C(=O)NC. The highest BCUT2D eigenvalue weighted by Crippen LogP contribution is 2.43. The molecule has 0 radical (unpaired) electrons. The van der Waals surface area contributed by atoms with Crippen LogP contribution in [0, 0.1) is 0 Å². The van der Waals surface area contributed by atoms with Gasteiger partial charge in [0.15, 0.2) is 11.5 Å². The first-order valence-corrected chi connectivity index (χ1v) is 10.1. The molecule has 30 heavy (non-hydrogen) atoms. The smallest absolute Gasteiger partial charge is 0.242 e. The van der Waals surface area contributed by atoms with Gasteiger partial charge in [0.1, 0.15) is 6.04 Å². The van der Waals surface area contributed by atoms with Crippen LogP contribution >= 0.6 is 0 Å². The molecule has 3 aromatic rings. The summed E-state index contributed by atoms with van der Waals surface area (Å²) in [5.41, 5.74) is 3.89. The molecule has 1 aromatic heterocycles. The Morgan fingerprint density at radius 2 is 1.97 bits per heavy atom. The van der Waals surface area contributed by atoms with Crippen molar-refractivity contribution >= 4 is 22.7 Å². The summed E-state index contributed by atoms with van der Waals surface area (Å²) in [6.45, 7) is 2.00. The van der Waals surface area contributed by atoms with Gasteiger partial charge in [0.25, 0.3) is 0 Å². The molecule has 2 aliphatic heterocycles. The molecule has 154 valence electrons. The molecular formula is C23H23N3O4. The molecule has 3 heterocycles. The number of ether oxygens (including phenoxy) is 2. The van der Waals surface area contributed by atoms with Gasteiger partial charge in [0.05, 0.1) is 6.04 Å². The summed E-state index contributed by atoms with van der Waals surface area (Å²) in [5.74, 6) is 1.09. The third-order valence-electron chi connectivity index (χ3n) is 5.98. The molecule has 2 atom stereocenters. The van der Waals surface area contributed by atoms with E-state index in [4.69, 9.17) is 9.47 Å². The van der Waals surface area contributed by atoms with Crippen LogP contribution in [-0.2, 0) is 16.0 Å². The van der Waals surface area contributed by atoms with Crippen molar-refractivity contribution in [2.75, 3.05) is 13.8 Å². The second-order valence-electron chi connectivity index (χ2n) is 7.57. The van der Waals surface area contributed by atoms with Gasteiger partial charge in [-0.1, -0.05) is 31.2 Å². The zero-order valence-corrected chi connectivity index (χ0v) is 16.9. The number of para-hydroxylation sites is 1. The lowest BCUT2D eigenvalue weighted by Gasteiger charge is -2.41. The second kappa shape index (κ2) is 7.09. The first-order valence-electron chi connectivity index (χ1n) is 10.1. The highest BCUT2D eigenvalue weighted by atomic mass is 16.7. The van der Waals surface area contributed by atoms with Crippen LogP contribution in [0.3, 0.4) is 0 Å². The molecule has 0 aliphatic carbocycles. The monoisotopic (exact) mass is 405 g/mol. The summed E-state index contributed by atoms with van der Waals surface area (Å²) in [4.78, 5) is 31.2. The number of carbonyl (C=O) groups is 2. The molecule has 2 aliphatic rings. The van der Waals surface area contributed by atoms with Gasteiger partial charge in [0, 0.05) is 36.5 Å². The third-order valence-corrected chi connectivity index (χ3v) is 5.98. The normalized spacial score (nSPS) is 19.6. The van der Waals surface area contributed by atoms with E-state index in [-0.39, 0.29) is 18.6 Å². The number of aromatic amines is 1. The van der Waals surface area contributed by atoms with Crippen LogP contribution in [0.25, 0.3) is 10.9 Å². The summed E-state index contributed by atoms with van der Waals surface area (Å²) < 4.78 is 11.0. The maximum atomic E-state index is 13.1. The predicted octanol–water partition coefficient (Wildman–Crippen LogP) is 2.90. The second-order valence-corrected chi connectivity index (χ2v) is 7.57. The van der Waals surface area contributed by atoms with Crippen molar-refractivity contribution in [3.05, 3.63) is 59.3 Å². The van der Waals surface area contributed by atoms with Gasteiger partial charge in [-0.3, -0.25) is 9.59 Å². The molecule has 0 saturated carbocycles. The van der Waals surface area contributed by atoms with Crippen molar-refractivity contribution in [3.8, 4) is 11.5 Å². The molecule has 2 aromatic carbocycles. The number of benzene rings is 2. The lowest BCUT2D eigenvalue weighted by molar-refractivity contribution is -0.142. The van der Waals surface area contributed by atoms with Crippen LogP contribution in [0.15, 0.2) is 42.5 Å². The van der Waals surface area contributed by atoms with E-state index in [2.05, 4.69) is 16.4 Å². The largest absolute Gasteiger partial charge is 0.454 e. The fourth-order valence-corrected chi connectivity index (χ4v) is 4.58. The van der Waals surface area contributed by atoms with Crippen molar-refractivity contribution in [2.24, 2.45) is 0 Å². The number of nitrogens with one attached hydrogen (secondary N) is 2. The number of rotatable bonds is 3. The number of fused-ring (bicyclic) bond motifs is 4. The molecule has 7 nitrogen and oxygen atoms in total. The van der Waals surface area contributed by atoms with Crippen LogP contribution in [0.4, 0.5) is 0 Å². The van der Waals surface area contributed by atoms with E-state index in [9.17, 15) is 9.59 Å². The van der Waals surface area contributed by atoms with Gasteiger partial charge in [-0.25, -0.2) is 0 Å². The zero-order chi connectivity index (χ0) is 20.8. The molecule has 0 bridgehead atoms. The molecule has 0 unspecified atom stereocenters. The Kier molecular flexibility index (Phi) is 4.38. The first kappa shape index (κ1) is 18.5. The van der Waals surface area contributed by atoms with Gasteiger partial charge < -0.3 is 24.7 Å². The van der Waals surface area contributed by atoms with Crippen LogP contribution in [-0.4, -0.2) is 41.6 Å². The van der Waals surface area contributed by atoms with Crippen LogP contribution < -0.4 is 14.8 Å². The molecule has 0 spiro atoms. The first-order chi connectivity index (χ1) is 14.6. The van der Waals surface area contributed by atoms with E-state index in [1.165, 1.54) is 0 Å². The maximum Gasteiger partial charge on any atom is 0.242 e. The van der Waals surface area contributed by atoms with Crippen molar-refractivity contribution < 1.29 is 19.1 Å². The summed E-state index contributed by atoms with van der Waals surface area (Å²) in [6.07, 6.45) is 0.774. The minimum atomic E-state index is -0.593. The van der Waals surface area contributed by atoms with Gasteiger partial charge in [-0.15, -0.1) is 0 Å². The number of carbonyl (C=O) groups excluding carboxylic acids is 2. The minimum Gasteiger partial charge on any atom is -0.454 e. The Balaban J connectivity index is 1.75. The van der Waals surface area contributed by atoms with Gasteiger partial charge in [0.2, 0.25) is 18.6 Å². The molecule has 2 N–H and O–H groups in total. The van der Waals surface area contributed by atoms with E-state index < -0.39 is 12.1 Å². The fourth-order valence-electron chi connectivity index (χ4n) is 4.58. The number of hydrogen-bond donors (Lipinski definition) is 2. The number of hydrogen-bond acceptors (Lipinski definition) is 4. The molecule has 7 heteroatoms. The Hall–Kier alpha value is -3.48. The summed E-state index contributed by atoms with van der Waals surface area (Å²) >= 11 is 0. The number of aromatic nitrogens is 1. The van der Waals surface area contributed by atoms with E-state index in [0.717, 1.165) is 27.7 Å². The van der Waals surface area contributed by atoms with E-state index >= 15 is 0 Å². The molecule has 2 amide bonds. The van der Waals surface area contributed by atoms with Crippen LogP contribution in [0.2, 0.25) is 0 Å². The van der Waals surface area contributed by atoms with Crippen molar-refractivity contribution in [1.29, 1.82) is 0 Å². The number of likely N-dealkylation sites (N-methyl/N-ethyl adjacent to an activating group) is 1. The van der Waals surface area contributed by atoms with Gasteiger partial charge in [-0.05, 0) is 29.3 Å². The minimum absolute atomic E-state index is 0.0735. The molecule has 5 rings (SSSR count). The average molecular weight is 405 g/mol. The van der Waals surface area contributed by atoms with Crippen LogP contribution in [0.1, 0.15) is 36.2 Å². The topological polar surface area (TPSA) is 83.7 Å². The van der Waals surface area contributed by atoms with Crippen molar-refractivity contribution in [1.82, 2.24) is 15.2 Å². The number of amides is 2. The maximum absolute atomic E-state index is 13.1. The summed E-state index contributed by atoms with van der Waals surface area (Å²) in [5, 5.41) is 3.82. The lowest BCUT2D eigenvalue weighted by atomic mass is 9.87. The standard InChI is InChI=1S/C23H23N3O4/c1-3-20(27)26-17(23(28)24-2)11-15-14-6-4-5-7-16(14)25-21(15)22(26)13-8-9-18-19(10-13)30-12-29-18/h4-10,17,22,25H,3,11-12H2,1-2H3,(H,24,28)/t17-,22-/m0/s1. The van der Waals surface area contributed by atoms with Gasteiger partial charge in [-0.2, -0.15) is 0 Å². The third kappa shape index (κ3) is 2.73. The van der Waals surface area contributed by atoms with Gasteiger partial charge >= 0.3 is 0 Å². The quantitative estimate of drug-likeness (QED) is 0.702. The van der Waals surface area contributed by atoms with E-state index in [1.54, 1.807) is 11.9 Å². The zero-order valence-electron chi connectivity index (χ0n) is 16.9. The van der Waals surface area contributed by atoms with Crippen molar-refractivity contribution in [2.45, 2.75) is 31.8 Å². The van der Waals surface area contributed by atoms with E-state index in [0.29, 0.717) is 24.3 Å². The highest BCUT2D eigenvalue weighted by molar-refractivity contribution is 5.92. The number of nitrogens with zero attached hydrogens (tertiary/aromatic N) is 1. The fraction of sp³-hybridized carbons (Fsp3) is 0.304. The lowest BCUT2D eigenvalue weighted by Crippen LogP contribution is -2.54. The van der Waals surface area contributed by atoms with Crippen LogP contribution in [0.5, 0.6) is 11.5 Å². The summed E-state index contributed by atoms with van der Waals surface area (Å²) in [6, 6.07) is 12.7. The Labute approximate surface area is 174 Å². The Morgan fingerprint density at radius 1 is 1.17 bits per heavy atom. The van der Waals surface area contributed by atoms with E-state index in [1.807, 2.05) is 43.3 Å². The Morgan fingerprint density at radius 3 is 2.77 bits per heavy atom. The highest BCUT2D eigenvalue weighted by Gasteiger charge is 2.43. The molecular weight excluding hydrogens is 382 g/mol. The molecule has 0 saturated heterocycles. The Bertz CT molecular complexity index is 1150. The average Bonchev–Trinajstić information content (AvgIpc) is 3.40. The predicted molar refractivity (Wildman–Crippen MR) is 111 cm³/mol. The summed E-state index contributed by atoms with van der Waals surface area (Å²) in [7, 11) is 1.61. The number of H-pyrrole nitrogens is 1. The van der Waals surface area contributed by atoms with Crippen molar-refractivity contribution in [3.63, 3.8) is 0 Å². The molecule has 0 fully saturated rings.